The Bertz CT molecular complexity index is 2940. The summed E-state index contributed by atoms with van der Waals surface area (Å²) in [6.45, 7) is 13.3. The van der Waals surface area contributed by atoms with Gasteiger partial charge in [-0.15, -0.1) is 9.78 Å². The number of nitrogens with one attached hydrogen (secondary N) is 2. The van der Waals surface area contributed by atoms with Gasteiger partial charge in [0.15, 0.2) is 0 Å². The lowest BCUT2D eigenvalue weighted by Crippen LogP contribution is -2.47. The van der Waals surface area contributed by atoms with Crippen LogP contribution in [0.5, 0.6) is 0 Å². The fourth-order valence-corrected chi connectivity index (χ4v) is 8.95. The quantitative estimate of drug-likeness (QED) is 0.0840. The van der Waals surface area contributed by atoms with Crippen molar-refractivity contribution < 1.29 is 47.3 Å². The molecule has 1 unspecified atom stereocenters. The van der Waals surface area contributed by atoms with Crippen molar-refractivity contribution in [3.8, 4) is 0 Å². The van der Waals surface area contributed by atoms with Gasteiger partial charge in [0, 0.05) is 35.3 Å². The number of nitrogens with zero attached hydrogens (tertiary/aromatic N) is 8. The third-order valence-corrected chi connectivity index (χ3v) is 13.9. The first kappa shape index (κ1) is 57.9. The van der Waals surface area contributed by atoms with Crippen molar-refractivity contribution in [1.82, 2.24) is 34.7 Å². The minimum absolute atomic E-state index is 0.0586. The van der Waals surface area contributed by atoms with Crippen LogP contribution in [0.15, 0.2) is 119 Å². The van der Waals surface area contributed by atoms with E-state index in [0.29, 0.717) is 28.4 Å². The highest BCUT2D eigenvalue weighted by molar-refractivity contribution is 6.62. The van der Waals surface area contributed by atoms with E-state index in [1.54, 1.807) is 25.7 Å². The summed E-state index contributed by atoms with van der Waals surface area (Å²) in [5.41, 5.74) is 2.31. The Hall–Kier alpha value is -7.39. The maximum atomic E-state index is 13.5. The van der Waals surface area contributed by atoms with Crippen LogP contribution in [0.25, 0.3) is 0 Å². The standard InChI is InChI=1S/C26H30FN5O3.C18H18ClFN4O4.C11H17NO/c1-16(31(4)5)21(17-9-7-6-8-10-17)35-25(34)32-15-20-22(26(32,2)3)29-30-23(20)28-24(33)18-11-13-19(27)14-12-18;1-4-28-17(27)24-14(21-15(25)10-5-7-11(20)8-6-10)12-9-23(16(19)26)18(2,3)13(12)22-24;1-9(12(2)3)11(13)10-7-5-4-6-8-10/h6-14,16,20-21H,15H2,1-5H3,(H,28,30,33);5-8H,4,9H2,1-3H3,(H,21,25);4-9,11,13H,1-3H3/t16-,20?,21+;;9-,11+/m0.0/s1. The minimum atomic E-state index is -0.888. The number of amides is 4. The second kappa shape index (κ2) is 24.5. The van der Waals surface area contributed by atoms with E-state index in [0.717, 1.165) is 27.9 Å². The molecule has 3 N–H and O–H groups in total. The van der Waals surface area contributed by atoms with Crippen LogP contribution in [-0.4, -0.2) is 134 Å². The zero-order valence-electron chi connectivity index (χ0n) is 44.4. The van der Waals surface area contributed by atoms with Gasteiger partial charge >= 0.3 is 17.6 Å². The van der Waals surface area contributed by atoms with Gasteiger partial charge in [-0.2, -0.15) is 10.2 Å². The second-order valence-corrected chi connectivity index (χ2v) is 20.1. The third kappa shape index (κ3) is 13.0. The van der Waals surface area contributed by atoms with Crippen molar-refractivity contribution in [1.29, 1.82) is 0 Å². The first-order valence-electron chi connectivity index (χ1n) is 24.5. The summed E-state index contributed by atoms with van der Waals surface area (Å²) in [6, 6.07) is 29.7. The number of carbonyl (C=O) groups is 5. The fourth-order valence-electron chi connectivity index (χ4n) is 8.68. The molecule has 0 saturated carbocycles. The molecule has 0 bridgehead atoms. The van der Waals surface area contributed by atoms with Crippen LogP contribution in [0.1, 0.15) is 104 Å². The van der Waals surface area contributed by atoms with Crippen LogP contribution < -0.4 is 10.6 Å². The topological polar surface area (TPSA) is 204 Å². The monoisotopic (exact) mass is 1070 g/mol. The fraction of sp³-hybridized carbons (Fsp3) is 0.382. The number of aliphatic hydroxyl groups excluding tert-OH is 1. The number of aliphatic hydroxyl groups is 1. The van der Waals surface area contributed by atoms with E-state index < -0.39 is 64.3 Å². The molecular weight excluding hydrogens is 1000 g/mol. The molecule has 18 nitrogen and oxygen atoms in total. The lowest BCUT2D eigenvalue weighted by Gasteiger charge is -2.35. The van der Waals surface area contributed by atoms with Crippen molar-refractivity contribution in [3.05, 3.63) is 154 Å². The molecule has 0 radical (unpaired) electrons. The van der Waals surface area contributed by atoms with Gasteiger partial charge in [-0.05, 0) is 148 Å². The zero-order valence-corrected chi connectivity index (χ0v) is 45.2. The number of rotatable bonds is 11. The summed E-state index contributed by atoms with van der Waals surface area (Å²) in [5.74, 6) is -1.80. The molecule has 8 rings (SSSR count). The molecule has 76 heavy (non-hydrogen) atoms. The number of hydrogen-bond acceptors (Lipinski definition) is 13. The molecule has 4 heterocycles. The van der Waals surface area contributed by atoms with Crippen molar-refractivity contribution in [2.24, 2.45) is 16.1 Å². The van der Waals surface area contributed by atoms with Gasteiger partial charge in [0.2, 0.25) is 0 Å². The number of likely N-dealkylation sites (N-methyl/N-ethyl adjacent to an activating group) is 2. The smallest absolute Gasteiger partial charge is 0.436 e. The third-order valence-electron chi connectivity index (χ3n) is 13.7. The summed E-state index contributed by atoms with van der Waals surface area (Å²) in [5, 5.41) is 27.4. The molecule has 0 spiro atoms. The Kier molecular flexibility index (Phi) is 18.7. The molecular formula is C55H65ClF2N10O8. The molecule has 404 valence electrons. The van der Waals surface area contributed by atoms with Gasteiger partial charge in [0.1, 0.15) is 29.4 Å². The minimum Gasteiger partial charge on any atom is -0.448 e. The molecule has 0 aliphatic carbocycles. The lowest BCUT2D eigenvalue weighted by molar-refractivity contribution is 0.0187. The van der Waals surface area contributed by atoms with E-state index >= 15 is 0 Å². The highest BCUT2D eigenvalue weighted by Gasteiger charge is 2.53. The average molecular weight is 1070 g/mol. The summed E-state index contributed by atoms with van der Waals surface area (Å²) < 4.78 is 38.3. The Balaban J connectivity index is 0.000000203. The van der Waals surface area contributed by atoms with Crippen LogP contribution >= 0.6 is 11.6 Å². The van der Waals surface area contributed by atoms with Crippen LogP contribution in [0.2, 0.25) is 0 Å². The van der Waals surface area contributed by atoms with Crippen LogP contribution in [0.3, 0.4) is 0 Å². The van der Waals surface area contributed by atoms with E-state index in [2.05, 4.69) is 25.9 Å². The van der Waals surface area contributed by atoms with Crippen LogP contribution in [0, 0.1) is 17.6 Å². The van der Waals surface area contributed by atoms with E-state index in [4.69, 9.17) is 21.1 Å². The number of halogens is 3. The molecule has 3 aliphatic heterocycles. The molecule has 4 amide bonds. The number of carbonyl (C=O) groups excluding carboxylic acids is 5. The molecule has 5 atom stereocenters. The van der Waals surface area contributed by atoms with E-state index in [-0.39, 0.29) is 49.1 Å². The van der Waals surface area contributed by atoms with Crippen molar-refractivity contribution in [2.45, 2.75) is 90.4 Å². The first-order chi connectivity index (χ1) is 35.9. The Morgan fingerprint density at radius 2 is 1.24 bits per heavy atom. The number of ether oxygens (including phenoxy) is 2. The number of amidine groups is 1. The van der Waals surface area contributed by atoms with E-state index in [1.807, 2.05) is 126 Å². The Morgan fingerprint density at radius 1 is 0.724 bits per heavy atom. The highest BCUT2D eigenvalue weighted by Crippen LogP contribution is 2.43. The maximum Gasteiger partial charge on any atom is 0.436 e. The predicted octanol–water partition coefficient (Wildman–Crippen LogP) is 9.22. The number of anilines is 1. The van der Waals surface area contributed by atoms with E-state index in [1.165, 1.54) is 41.3 Å². The molecule has 5 aromatic rings. The van der Waals surface area contributed by atoms with Crippen molar-refractivity contribution in [2.75, 3.05) is 46.7 Å². The van der Waals surface area contributed by atoms with E-state index in [9.17, 15) is 37.9 Å². The van der Waals surface area contributed by atoms with Gasteiger partial charge in [-0.1, -0.05) is 60.7 Å². The number of aromatic nitrogens is 2. The van der Waals surface area contributed by atoms with Crippen molar-refractivity contribution >= 4 is 58.3 Å². The second-order valence-electron chi connectivity index (χ2n) is 19.8. The normalized spacial score (nSPS) is 17.3. The molecule has 4 aromatic carbocycles. The molecule has 1 aromatic heterocycles. The van der Waals surface area contributed by atoms with Crippen LogP contribution in [0.4, 0.5) is 29.0 Å². The number of benzene rings is 4. The number of fused-ring (bicyclic) bond motifs is 2. The molecule has 3 aliphatic rings. The summed E-state index contributed by atoms with van der Waals surface area (Å²) in [7, 11) is 7.83. The lowest BCUT2D eigenvalue weighted by atomic mass is 9.93. The maximum absolute atomic E-state index is 13.5. The highest BCUT2D eigenvalue weighted by atomic mass is 35.5. The average Bonchev–Trinajstić information content (AvgIpc) is 4.15. The Morgan fingerprint density at radius 3 is 1.74 bits per heavy atom. The predicted molar refractivity (Wildman–Crippen MR) is 285 cm³/mol. The van der Waals surface area contributed by atoms with Gasteiger partial charge in [0.05, 0.1) is 47.7 Å². The Labute approximate surface area is 446 Å². The molecule has 21 heteroatoms. The van der Waals surface area contributed by atoms with Crippen molar-refractivity contribution in [3.63, 3.8) is 0 Å². The zero-order chi connectivity index (χ0) is 55.8. The van der Waals surface area contributed by atoms with Gasteiger partial charge in [-0.3, -0.25) is 19.3 Å². The van der Waals surface area contributed by atoms with Crippen LogP contribution in [-0.2, 0) is 21.6 Å². The van der Waals surface area contributed by atoms with Gasteiger partial charge < -0.3 is 39.9 Å². The van der Waals surface area contributed by atoms with Gasteiger partial charge in [0.25, 0.3) is 11.8 Å². The first-order valence-corrected chi connectivity index (χ1v) is 24.9. The molecule has 1 saturated heterocycles. The summed E-state index contributed by atoms with van der Waals surface area (Å²) >= 11 is 5.67. The SMILES string of the molecule is CCOC(=O)n1nc2c(c1NC(=O)c1ccc(F)cc1)CN(C(=O)Cl)C2(C)C.C[C@@H]([C@@H](O)c1ccccc1)N(C)C.C[C@@H]([C@@H](OC(=O)N1CC2C(NC(=O)c3ccc(F)cc3)=NN=C2C1(C)C)c1ccccc1)N(C)C. The summed E-state index contributed by atoms with van der Waals surface area (Å²) in [4.78, 5) is 69.8. The number of hydrogen-bond donors (Lipinski definition) is 3. The molecule has 1 fully saturated rings. The number of likely N-dealkylation sites (tertiary alicyclic amines) is 1. The largest absolute Gasteiger partial charge is 0.448 e. The van der Waals surface area contributed by atoms with Gasteiger partial charge in [-0.25, -0.2) is 18.4 Å². The summed E-state index contributed by atoms with van der Waals surface area (Å²) in [6.07, 6.45) is -2.11.